The maximum absolute atomic E-state index is 13.2. The van der Waals surface area contributed by atoms with Crippen molar-refractivity contribution in [1.82, 2.24) is 29.5 Å². The quantitative estimate of drug-likeness (QED) is 0.754. The van der Waals surface area contributed by atoms with E-state index in [1.807, 2.05) is 0 Å². The molecule has 1 fully saturated rings. The summed E-state index contributed by atoms with van der Waals surface area (Å²) in [5.41, 5.74) is 6.16. The van der Waals surface area contributed by atoms with Gasteiger partial charge in [0.15, 0.2) is 0 Å². The first-order valence-electron chi connectivity index (χ1n) is 8.53. The molecule has 1 saturated heterocycles. The van der Waals surface area contributed by atoms with Gasteiger partial charge in [0, 0.05) is 19.0 Å². The number of fused-ring (bicyclic) bond motifs is 1. The zero-order chi connectivity index (χ0) is 19.0. The lowest BCUT2D eigenvalue weighted by Gasteiger charge is -2.32. The third-order valence-electron chi connectivity index (χ3n) is 4.64. The van der Waals surface area contributed by atoms with Crippen LogP contribution in [0.1, 0.15) is 47.1 Å². The minimum absolute atomic E-state index is 0.128. The van der Waals surface area contributed by atoms with Gasteiger partial charge in [-0.2, -0.15) is 10.1 Å². The van der Waals surface area contributed by atoms with Crippen molar-refractivity contribution in [2.45, 2.75) is 25.2 Å². The molecule has 2 N–H and O–H groups in total. The van der Waals surface area contributed by atoms with E-state index in [4.69, 9.17) is 5.73 Å². The second-order valence-corrected chi connectivity index (χ2v) is 6.42. The Hall–Kier alpha value is -3.17. The van der Waals surface area contributed by atoms with E-state index in [1.165, 1.54) is 16.9 Å². The van der Waals surface area contributed by atoms with E-state index in [-0.39, 0.29) is 34.8 Å². The molecule has 1 aliphatic rings. The zero-order valence-corrected chi connectivity index (χ0v) is 14.3. The molecule has 3 aromatic rings. The standard InChI is InChI=1S/C17H17F2N7O/c18-15(19)12-7-13(26-17(24-12)21-9-22-26)10-3-2-6-25(8-10)16(27)11-4-1-5-14(20)23-11/h1,4-5,7,9-10,15H,2-3,6,8H2,(H2,20,23). The normalized spacial score (nSPS) is 17.6. The van der Waals surface area contributed by atoms with Crippen LogP contribution in [0.5, 0.6) is 0 Å². The highest BCUT2D eigenvalue weighted by Crippen LogP contribution is 2.30. The number of nitrogen functional groups attached to an aromatic ring is 1. The van der Waals surface area contributed by atoms with E-state index >= 15 is 0 Å². The Balaban J connectivity index is 1.64. The molecule has 0 aliphatic carbocycles. The number of halogens is 2. The lowest BCUT2D eigenvalue weighted by atomic mass is 9.93. The smallest absolute Gasteiger partial charge is 0.280 e. The van der Waals surface area contributed by atoms with Gasteiger partial charge in [-0.3, -0.25) is 4.79 Å². The van der Waals surface area contributed by atoms with Crippen molar-refractivity contribution < 1.29 is 13.6 Å². The fourth-order valence-electron chi connectivity index (χ4n) is 3.39. The number of amides is 1. The summed E-state index contributed by atoms with van der Waals surface area (Å²) in [6.07, 6.45) is 0.0591. The Bertz CT molecular complexity index is 990. The predicted octanol–water partition coefficient (Wildman–Crippen LogP) is 2.06. The average Bonchev–Trinajstić information content (AvgIpc) is 3.15. The first kappa shape index (κ1) is 17.3. The minimum atomic E-state index is -2.71. The second kappa shape index (κ2) is 6.86. The van der Waals surface area contributed by atoms with Crippen molar-refractivity contribution in [3.8, 4) is 0 Å². The van der Waals surface area contributed by atoms with Crippen LogP contribution < -0.4 is 5.73 Å². The van der Waals surface area contributed by atoms with Gasteiger partial charge in [-0.25, -0.2) is 23.3 Å². The van der Waals surface area contributed by atoms with Gasteiger partial charge in [0.05, 0.1) is 5.69 Å². The largest absolute Gasteiger partial charge is 0.384 e. The number of aromatic nitrogens is 5. The maximum atomic E-state index is 13.2. The van der Waals surface area contributed by atoms with Crippen LogP contribution in [0.3, 0.4) is 0 Å². The Kier molecular flexibility index (Phi) is 4.38. The molecule has 4 rings (SSSR count). The van der Waals surface area contributed by atoms with E-state index in [0.29, 0.717) is 18.8 Å². The number of pyridine rings is 1. The number of piperidine rings is 1. The number of hydrogen-bond acceptors (Lipinski definition) is 6. The summed E-state index contributed by atoms with van der Waals surface area (Å²) in [5.74, 6) is 0.0108. The van der Waals surface area contributed by atoms with Crippen LogP contribution in [0.2, 0.25) is 0 Å². The highest BCUT2D eigenvalue weighted by Gasteiger charge is 2.29. The first-order valence-corrected chi connectivity index (χ1v) is 8.53. The van der Waals surface area contributed by atoms with Gasteiger partial charge < -0.3 is 10.6 Å². The lowest BCUT2D eigenvalue weighted by Crippen LogP contribution is -2.40. The van der Waals surface area contributed by atoms with Gasteiger partial charge in [0.2, 0.25) is 0 Å². The van der Waals surface area contributed by atoms with Crippen LogP contribution in [0.15, 0.2) is 30.6 Å². The Morgan fingerprint density at radius 1 is 1.30 bits per heavy atom. The molecule has 1 aliphatic heterocycles. The molecule has 3 aromatic heterocycles. The summed E-state index contributed by atoms with van der Waals surface area (Å²) in [6.45, 7) is 0.941. The maximum Gasteiger partial charge on any atom is 0.280 e. The van der Waals surface area contributed by atoms with Gasteiger partial charge in [-0.1, -0.05) is 6.07 Å². The number of rotatable bonds is 3. The molecule has 1 amide bonds. The summed E-state index contributed by atoms with van der Waals surface area (Å²) in [6, 6.07) is 6.25. The molecule has 1 unspecified atom stereocenters. The van der Waals surface area contributed by atoms with Crippen molar-refractivity contribution >= 4 is 17.5 Å². The van der Waals surface area contributed by atoms with Crippen LogP contribution in [0.25, 0.3) is 5.78 Å². The second-order valence-electron chi connectivity index (χ2n) is 6.42. The first-order chi connectivity index (χ1) is 13.0. The molecule has 0 spiro atoms. The topological polar surface area (TPSA) is 102 Å². The van der Waals surface area contributed by atoms with Crippen LogP contribution in [-0.4, -0.2) is 48.5 Å². The number of nitrogens with zero attached hydrogens (tertiary/aromatic N) is 6. The predicted molar refractivity (Wildman–Crippen MR) is 92.3 cm³/mol. The Morgan fingerprint density at radius 3 is 2.93 bits per heavy atom. The van der Waals surface area contributed by atoms with Crippen molar-refractivity contribution in [2.75, 3.05) is 18.8 Å². The SMILES string of the molecule is Nc1cccc(C(=O)N2CCCC(c3cc(C(F)F)nc4ncnn34)C2)n1. The van der Waals surface area contributed by atoms with Crippen molar-refractivity contribution in [3.63, 3.8) is 0 Å². The monoisotopic (exact) mass is 373 g/mol. The van der Waals surface area contributed by atoms with Crippen molar-refractivity contribution in [3.05, 3.63) is 47.7 Å². The lowest BCUT2D eigenvalue weighted by molar-refractivity contribution is 0.0699. The molecule has 140 valence electrons. The molecule has 0 radical (unpaired) electrons. The number of nitrogens with two attached hydrogens (primary N) is 1. The van der Waals surface area contributed by atoms with Crippen molar-refractivity contribution in [1.29, 1.82) is 0 Å². The third-order valence-corrected chi connectivity index (χ3v) is 4.64. The number of carbonyl (C=O) groups is 1. The number of likely N-dealkylation sites (tertiary alicyclic amines) is 1. The molecular weight excluding hydrogens is 356 g/mol. The molecular formula is C17H17F2N7O. The summed E-state index contributed by atoms with van der Waals surface area (Å²) in [5, 5.41) is 4.10. The van der Waals surface area contributed by atoms with Gasteiger partial charge in [-0.05, 0) is 31.0 Å². The molecule has 1 atom stereocenters. The number of alkyl halides is 2. The molecule has 27 heavy (non-hydrogen) atoms. The Morgan fingerprint density at radius 2 is 2.15 bits per heavy atom. The molecule has 0 saturated carbocycles. The summed E-state index contributed by atoms with van der Waals surface area (Å²) >= 11 is 0. The van der Waals surface area contributed by atoms with E-state index in [0.717, 1.165) is 12.8 Å². The van der Waals surface area contributed by atoms with Crippen LogP contribution in [-0.2, 0) is 0 Å². The van der Waals surface area contributed by atoms with E-state index in [9.17, 15) is 13.6 Å². The van der Waals surface area contributed by atoms with E-state index < -0.39 is 6.43 Å². The minimum Gasteiger partial charge on any atom is -0.384 e. The van der Waals surface area contributed by atoms with Crippen LogP contribution in [0, 0.1) is 0 Å². The number of carbonyl (C=O) groups excluding carboxylic acids is 1. The molecule has 0 aromatic carbocycles. The average molecular weight is 373 g/mol. The number of hydrogen-bond donors (Lipinski definition) is 1. The van der Waals surface area contributed by atoms with Crippen molar-refractivity contribution in [2.24, 2.45) is 0 Å². The van der Waals surface area contributed by atoms with Gasteiger partial charge in [0.1, 0.15) is 23.5 Å². The molecule has 10 heteroatoms. The van der Waals surface area contributed by atoms with E-state index in [1.54, 1.807) is 23.1 Å². The fourth-order valence-corrected chi connectivity index (χ4v) is 3.39. The molecule has 0 bridgehead atoms. The van der Waals surface area contributed by atoms with Gasteiger partial charge in [0.25, 0.3) is 18.1 Å². The van der Waals surface area contributed by atoms with Gasteiger partial charge >= 0.3 is 0 Å². The number of anilines is 1. The zero-order valence-electron chi connectivity index (χ0n) is 14.3. The third kappa shape index (κ3) is 3.29. The van der Waals surface area contributed by atoms with Crippen LogP contribution in [0.4, 0.5) is 14.6 Å². The highest BCUT2D eigenvalue weighted by molar-refractivity contribution is 5.92. The van der Waals surface area contributed by atoms with Gasteiger partial charge in [-0.15, -0.1) is 0 Å². The molecule has 8 nitrogen and oxygen atoms in total. The van der Waals surface area contributed by atoms with Crippen LogP contribution >= 0.6 is 0 Å². The molecule has 4 heterocycles. The Labute approximate surface area is 153 Å². The summed E-state index contributed by atoms with van der Waals surface area (Å²) in [7, 11) is 0. The summed E-state index contributed by atoms with van der Waals surface area (Å²) in [4.78, 5) is 26.3. The van der Waals surface area contributed by atoms with E-state index in [2.05, 4.69) is 20.1 Å². The highest BCUT2D eigenvalue weighted by atomic mass is 19.3. The fraction of sp³-hybridized carbons (Fsp3) is 0.353. The summed E-state index contributed by atoms with van der Waals surface area (Å²) < 4.78 is 27.9.